The van der Waals surface area contributed by atoms with E-state index in [0.717, 1.165) is 0 Å². The molecule has 0 bridgehead atoms. The van der Waals surface area contributed by atoms with Crippen LogP contribution in [0.15, 0.2) is 29.8 Å². The zero-order chi connectivity index (χ0) is 18.5. The van der Waals surface area contributed by atoms with Gasteiger partial charge in [0.05, 0.1) is 11.5 Å². The minimum atomic E-state index is -3.02. The normalized spacial score (nSPS) is 17.2. The van der Waals surface area contributed by atoms with Crippen LogP contribution < -0.4 is 10.1 Å². The first-order valence-electron chi connectivity index (χ1n) is 7.94. The number of para-hydroxylation sites is 1. The number of anilines is 1. The third kappa shape index (κ3) is 4.31. The van der Waals surface area contributed by atoms with Gasteiger partial charge in [-0.15, -0.1) is 10.2 Å². The largest absolute Gasteiger partial charge is 0.434 e. The van der Waals surface area contributed by atoms with Crippen molar-refractivity contribution in [1.82, 2.24) is 15.1 Å². The third-order valence-corrected chi connectivity index (χ3v) is 4.61. The van der Waals surface area contributed by atoms with Crippen molar-refractivity contribution in [3.8, 4) is 5.75 Å². The monoisotopic (exact) mass is 382 g/mol. The number of carbonyl (C=O) groups excluding carboxylic acids is 2. The fourth-order valence-electron chi connectivity index (χ4n) is 2.82. The second kappa shape index (κ2) is 8.17. The van der Waals surface area contributed by atoms with Crippen LogP contribution in [0.2, 0.25) is 0 Å². The maximum atomic E-state index is 12.7. The molecule has 138 valence electrons. The van der Waals surface area contributed by atoms with Crippen molar-refractivity contribution in [3.05, 3.63) is 35.3 Å². The molecule has 1 aliphatic rings. The number of ether oxygens (including phenoxy) is 1. The lowest BCUT2D eigenvalue weighted by Gasteiger charge is -2.32. The molecular weight excluding hydrogens is 366 g/mol. The summed E-state index contributed by atoms with van der Waals surface area (Å²) in [5.41, 5.74) is 1.56. The zero-order valence-electron chi connectivity index (χ0n) is 13.6. The van der Waals surface area contributed by atoms with Crippen LogP contribution >= 0.6 is 11.3 Å². The highest BCUT2D eigenvalue weighted by molar-refractivity contribution is 7.13. The fraction of sp³-hybridized carbons (Fsp3) is 0.375. The molecule has 0 aliphatic carbocycles. The lowest BCUT2D eigenvalue weighted by atomic mass is 9.96. The van der Waals surface area contributed by atoms with Crippen molar-refractivity contribution in [2.24, 2.45) is 5.92 Å². The topological polar surface area (TPSA) is 84.4 Å². The van der Waals surface area contributed by atoms with E-state index in [1.54, 1.807) is 6.07 Å². The predicted octanol–water partition coefficient (Wildman–Crippen LogP) is 2.63. The molecular formula is C16H16F2N4O3S. The van der Waals surface area contributed by atoms with Crippen molar-refractivity contribution < 1.29 is 23.1 Å². The van der Waals surface area contributed by atoms with Gasteiger partial charge in [-0.3, -0.25) is 9.59 Å². The van der Waals surface area contributed by atoms with Crippen LogP contribution in [0.5, 0.6) is 5.75 Å². The van der Waals surface area contributed by atoms with Crippen LogP contribution in [0.25, 0.3) is 0 Å². The maximum Gasteiger partial charge on any atom is 0.387 e. The lowest BCUT2D eigenvalue weighted by molar-refractivity contribution is -0.121. The number of amides is 2. The van der Waals surface area contributed by atoms with E-state index >= 15 is 0 Å². The summed E-state index contributed by atoms with van der Waals surface area (Å²) < 4.78 is 29.5. The average molecular weight is 382 g/mol. The molecule has 2 heterocycles. The number of halogens is 2. The summed E-state index contributed by atoms with van der Waals surface area (Å²) in [6, 6.07) is 5.85. The van der Waals surface area contributed by atoms with Gasteiger partial charge in [-0.2, -0.15) is 8.78 Å². The van der Waals surface area contributed by atoms with Crippen LogP contribution in [0.4, 0.5) is 13.9 Å². The summed E-state index contributed by atoms with van der Waals surface area (Å²) in [4.78, 5) is 26.6. The molecule has 7 nitrogen and oxygen atoms in total. The summed E-state index contributed by atoms with van der Waals surface area (Å²) in [7, 11) is 0. The first kappa shape index (κ1) is 18.2. The van der Waals surface area contributed by atoms with Crippen molar-refractivity contribution in [1.29, 1.82) is 0 Å². The van der Waals surface area contributed by atoms with E-state index in [1.165, 1.54) is 39.9 Å². The molecule has 1 saturated heterocycles. The van der Waals surface area contributed by atoms with Gasteiger partial charge in [0.1, 0.15) is 11.3 Å². The SMILES string of the molecule is O=C(Nc1nncs1)C1CCCN(C(=O)c2ccccc2OC(F)F)C1. The molecule has 1 aromatic heterocycles. The van der Waals surface area contributed by atoms with Crippen LogP contribution in [0.3, 0.4) is 0 Å². The third-order valence-electron chi connectivity index (χ3n) is 4.00. The highest BCUT2D eigenvalue weighted by Crippen LogP contribution is 2.25. The van der Waals surface area contributed by atoms with Crippen LogP contribution in [-0.4, -0.2) is 46.6 Å². The molecule has 1 unspecified atom stereocenters. The molecule has 1 aromatic carbocycles. The van der Waals surface area contributed by atoms with Crippen molar-refractivity contribution in [2.75, 3.05) is 18.4 Å². The Hall–Kier alpha value is -2.62. The van der Waals surface area contributed by atoms with Gasteiger partial charge in [-0.1, -0.05) is 23.5 Å². The van der Waals surface area contributed by atoms with Gasteiger partial charge < -0.3 is 15.0 Å². The van der Waals surface area contributed by atoms with Crippen LogP contribution in [0.1, 0.15) is 23.2 Å². The van der Waals surface area contributed by atoms with Crippen molar-refractivity contribution >= 4 is 28.3 Å². The van der Waals surface area contributed by atoms with E-state index in [2.05, 4.69) is 20.3 Å². The number of alkyl halides is 2. The standard InChI is InChI=1S/C16H16F2N4O3S/c17-15(18)25-12-6-2-1-5-11(12)14(24)22-7-3-4-10(8-22)13(23)20-16-21-19-9-26-16/h1-2,5-6,9-10,15H,3-4,7-8H2,(H,20,21,23). The van der Waals surface area contributed by atoms with Crippen LogP contribution in [-0.2, 0) is 4.79 Å². The molecule has 2 amide bonds. The Kier molecular flexibility index (Phi) is 5.71. The predicted molar refractivity (Wildman–Crippen MR) is 90.2 cm³/mol. The Balaban J connectivity index is 1.69. The quantitative estimate of drug-likeness (QED) is 0.859. The molecule has 1 fully saturated rings. The molecule has 1 atom stereocenters. The number of aromatic nitrogens is 2. The number of rotatable bonds is 5. The Bertz CT molecular complexity index is 773. The number of nitrogens with zero attached hydrogens (tertiary/aromatic N) is 3. The molecule has 0 spiro atoms. The minimum Gasteiger partial charge on any atom is -0.434 e. The van der Waals surface area contributed by atoms with E-state index in [1.807, 2.05) is 0 Å². The number of hydrogen-bond donors (Lipinski definition) is 1. The van der Waals surface area contributed by atoms with E-state index in [4.69, 9.17) is 0 Å². The molecule has 1 aliphatic heterocycles. The summed E-state index contributed by atoms with van der Waals surface area (Å²) in [5, 5.41) is 10.5. The molecule has 2 aromatic rings. The highest BCUT2D eigenvalue weighted by atomic mass is 32.1. The van der Waals surface area contributed by atoms with Gasteiger partial charge in [-0.25, -0.2) is 0 Å². The number of nitrogens with one attached hydrogen (secondary N) is 1. The Morgan fingerprint density at radius 3 is 2.88 bits per heavy atom. The first-order valence-corrected chi connectivity index (χ1v) is 8.82. The second-order valence-electron chi connectivity index (χ2n) is 5.70. The first-order chi connectivity index (χ1) is 12.5. The van der Waals surface area contributed by atoms with Crippen LogP contribution in [0, 0.1) is 5.92 Å². The molecule has 0 saturated carbocycles. The smallest absolute Gasteiger partial charge is 0.387 e. The van der Waals surface area contributed by atoms with Gasteiger partial charge in [0.15, 0.2) is 0 Å². The minimum absolute atomic E-state index is 0.0537. The second-order valence-corrected chi connectivity index (χ2v) is 6.53. The van der Waals surface area contributed by atoms with E-state index in [9.17, 15) is 18.4 Å². The molecule has 26 heavy (non-hydrogen) atoms. The van der Waals surface area contributed by atoms with E-state index < -0.39 is 18.4 Å². The number of benzene rings is 1. The van der Waals surface area contributed by atoms with E-state index in [-0.39, 0.29) is 23.8 Å². The maximum absolute atomic E-state index is 12.7. The molecule has 1 N–H and O–H groups in total. The Labute approximate surface area is 152 Å². The number of carbonyl (C=O) groups is 2. The van der Waals surface area contributed by atoms with Gasteiger partial charge in [0, 0.05) is 13.1 Å². The highest BCUT2D eigenvalue weighted by Gasteiger charge is 2.30. The summed E-state index contributed by atoms with van der Waals surface area (Å²) in [6.45, 7) is -2.37. The van der Waals surface area contributed by atoms with Gasteiger partial charge in [0.2, 0.25) is 11.0 Å². The Morgan fingerprint density at radius 2 is 2.15 bits per heavy atom. The molecule has 3 rings (SSSR count). The fourth-order valence-corrected chi connectivity index (χ4v) is 3.27. The number of likely N-dealkylation sites (tertiary alicyclic amines) is 1. The van der Waals surface area contributed by atoms with Gasteiger partial charge in [-0.05, 0) is 25.0 Å². The number of hydrogen-bond acceptors (Lipinski definition) is 6. The average Bonchev–Trinajstić information content (AvgIpc) is 3.14. The van der Waals surface area contributed by atoms with E-state index in [0.29, 0.717) is 24.5 Å². The van der Waals surface area contributed by atoms with Crippen molar-refractivity contribution in [3.63, 3.8) is 0 Å². The van der Waals surface area contributed by atoms with Gasteiger partial charge >= 0.3 is 6.61 Å². The molecule has 10 heteroatoms. The summed E-state index contributed by atoms with van der Waals surface area (Å²) in [5.74, 6) is -1.25. The Morgan fingerprint density at radius 1 is 1.35 bits per heavy atom. The number of piperidine rings is 1. The summed E-state index contributed by atoms with van der Waals surface area (Å²) in [6.07, 6.45) is 1.27. The lowest BCUT2D eigenvalue weighted by Crippen LogP contribution is -2.43. The van der Waals surface area contributed by atoms with Gasteiger partial charge in [0.25, 0.3) is 5.91 Å². The van der Waals surface area contributed by atoms with Crippen molar-refractivity contribution in [2.45, 2.75) is 19.5 Å². The summed E-state index contributed by atoms with van der Waals surface area (Å²) >= 11 is 1.20. The molecule has 0 radical (unpaired) electrons. The zero-order valence-corrected chi connectivity index (χ0v) is 14.4.